The lowest BCUT2D eigenvalue weighted by Crippen LogP contribution is -2.30. The fraction of sp³-hybridized carbons (Fsp3) is 0.808. The van der Waals surface area contributed by atoms with E-state index in [4.69, 9.17) is 21.4 Å². The van der Waals surface area contributed by atoms with Gasteiger partial charge < -0.3 is 25.3 Å². The monoisotopic (exact) mass is 499 g/mol. The fourth-order valence-electron chi connectivity index (χ4n) is 3.79. The number of carbonyl (C=O) groups excluding carboxylic acids is 4. The molecule has 3 N–H and O–H groups in total. The van der Waals surface area contributed by atoms with E-state index in [1.165, 1.54) is 6.21 Å². The van der Waals surface area contributed by atoms with Gasteiger partial charge >= 0.3 is 17.9 Å². The van der Waals surface area contributed by atoms with Gasteiger partial charge in [-0.25, -0.2) is 0 Å². The Morgan fingerprint density at radius 1 is 0.943 bits per heavy atom. The molecule has 0 radical (unpaired) electrons. The van der Waals surface area contributed by atoms with Gasteiger partial charge in [0.25, 0.3) is 0 Å². The van der Waals surface area contributed by atoms with Crippen LogP contribution in [-0.4, -0.2) is 49.9 Å². The van der Waals surface area contributed by atoms with E-state index < -0.39 is 11.3 Å². The standard InChI is InChI=1S/C26H46N2O7/c1-6-10-20(22(28)29)11-8-12-21(24(31)34-18-17-33-23(30)19(3)4)13-9-14-26(5,7-2)25(32)35-16-15-27/h15,19-21,27H,6-14,16-18H2,1-5H3,(H2,28,29)/b27-15-/i/hD. The van der Waals surface area contributed by atoms with Crippen molar-refractivity contribution in [1.82, 2.24) is 0 Å². The minimum atomic E-state index is -0.715. The molecule has 9 heteroatoms. The van der Waals surface area contributed by atoms with Crippen molar-refractivity contribution in [3.05, 3.63) is 0 Å². The molecule has 1 amide bonds. The van der Waals surface area contributed by atoms with Crippen LogP contribution in [0.2, 0.25) is 1.41 Å². The number of hydrogen-bond acceptors (Lipinski definition) is 8. The van der Waals surface area contributed by atoms with Gasteiger partial charge in [0.15, 0.2) is 1.41 Å². The number of amides is 1. The highest BCUT2D eigenvalue weighted by Gasteiger charge is 2.33. The van der Waals surface area contributed by atoms with Crippen molar-refractivity contribution in [1.29, 1.82) is 5.40 Å². The zero-order valence-corrected chi connectivity index (χ0v) is 22.2. The Kier molecular flexibility index (Phi) is 15.6. The first-order chi connectivity index (χ1) is 17.0. The van der Waals surface area contributed by atoms with Crippen LogP contribution in [0.3, 0.4) is 0 Å². The second-order valence-corrected chi connectivity index (χ2v) is 9.59. The van der Waals surface area contributed by atoms with Gasteiger partial charge in [0.1, 0.15) is 19.8 Å². The van der Waals surface area contributed by atoms with E-state index in [2.05, 4.69) is 5.40 Å². The number of carbonyl (C=O) groups is 4. The summed E-state index contributed by atoms with van der Waals surface area (Å²) in [5, 5.41) is 3.07. The highest BCUT2D eigenvalue weighted by atomic mass is 16.6. The van der Waals surface area contributed by atoms with Gasteiger partial charge in [-0.2, -0.15) is 0 Å². The van der Waals surface area contributed by atoms with Crippen LogP contribution in [-0.2, 0) is 33.4 Å². The van der Waals surface area contributed by atoms with E-state index in [0.717, 1.165) is 6.42 Å². The average Bonchev–Trinajstić information content (AvgIpc) is 2.84. The highest BCUT2D eigenvalue weighted by molar-refractivity contribution is 5.78. The molecule has 0 aromatic carbocycles. The number of hydrogen-bond donors (Lipinski definition) is 2. The van der Waals surface area contributed by atoms with E-state index in [1.54, 1.807) is 13.8 Å². The quantitative estimate of drug-likeness (QED) is 0.110. The zero-order chi connectivity index (χ0) is 27.6. The van der Waals surface area contributed by atoms with Gasteiger partial charge in [-0.1, -0.05) is 47.0 Å². The lowest BCUT2D eigenvalue weighted by atomic mass is 9.81. The number of esters is 3. The van der Waals surface area contributed by atoms with E-state index in [9.17, 15) is 19.2 Å². The van der Waals surface area contributed by atoms with E-state index in [0.29, 0.717) is 51.4 Å². The maximum absolute atomic E-state index is 12.8. The minimum absolute atomic E-state index is 0.00288. The molecule has 0 aliphatic carbocycles. The molecule has 0 aliphatic heterocycles. The Hall–Kier alpha value is -2.45. The second-order valence-electron chi connectivity index (χ2n) is 9.59. The first kappa shape index (κ1) is 30.6. The average molecular weight is 500 g/mol. The van der Waals surface area contributed by atoms with Crippen LogP contribution in [0.25, 0.3) is 0 Å². The van der Waals surface area contributed by atoms with E-state index in [-0.39, 0.29) is 55.5 Å². The summed E-state index contributed by atoms with van der Waals surface area (Å²) in [6, 6.07) is 0. The second kappa shape index (κ2) is 17.9. The van der Waals surface area contributed by atoms with E-state index in [1.807, 2.05) is 20.8 Å². The van der Waals surface area contributed by atoms with Gasteiger partial charge in [0.2, 0.25) is 5.91 Å². The molecule has 0 bridgehead atoms. The Balaban J connectivity index is 5.03. The van der Waals surface area contributed by atoms with Crippen molar-refractivity contribution in [3.63, 3.8) is 0 Å². The summed E-state index contributed by atoms with van der Waals surface area (Å²) in [5.74, 6) is -2.30. The molecule has 0 saturated carbocycles. The molecule has 0 saturated heterocycles. The number of primary amides is 1. The largest absolute Gasteiger partial charge is 0.462 e. The van der Waals surface area contributed by atoms with Crippen molar-refractivity contribution >= 4 is 30.0 Å². The van der Waals surface area contributed by atoms with Crippen LogP contribution in [0.4, 0.5) is 0 Å². The topological polar surface area (TPSA) is 146 Å². The first-order valence-corrected chi connectivity index (χ1v) is 12.8. The Morgan fingerprint density at radius 3 is 2.09 bits per heavy atom. The van der Waals surface area contributed by atoms with Gasteiger partial charge in [0.05, 0.1) is 17.3 Å². The predicted octanol–water partition coefficient (Wildman–Crippen LogP) is 4.20. The van der Waals surface area contributed by atoms with Crippen LogP contribution in [0, 0.1) is 28.6 Å². The number of nitrogens with one attached hydrogen (secondary N) is 1. The molecule has 0 aliphatic rings. The first-order valence-electron chi connectivity index (χ1n) is 13.2. The van der Waals surface area contributed by atoms with Crippen molar-refractivity contribution < 1.29 is 34.8 Å². The number of nitrogens with two attached hydrogens (primary N) is 1. The molecule has 0 fully saturated rings. The van der Waals surface area contributed by atoms with Crippen LogP contribution >= 0.6 is 0 Å². The van der Waals surface area contributed by atoms with Crippen molar-refractivity contribution in [2.45, 2.75) is 92.4 Å². The summed E-state index contributed by atoms with van der Waals surface area (Å²) in [7, 11) is 0. The summed E-state index contributed by atoms with van der Waals surface area (Å²) in [5.41, 5.74) is 4.79. The molecule has 0 rings (SSSR count). The van der Waals surface area contributed by atoms with Crippen LogP contribution in [0.5, 0.6) is 0 Å². The highest BCUT2D eigenvalue weighted by Crippen LogP contribution is 2.32. The van der Waals surface area contributed by atoms with Gasteiger partial charge in [-0.3, -0.25) is 19.2 Å². The predicted molar refractivity (Wildman–Crippen MR) is 134 cm³/mol. The molecule has 9 nitrogen and oxygen atoms in total. The summed E-state index contributed by atoms with van der Waals surface area (Å²) in [6.07, 6.45) is 6.76. The third kappa shape index (κ3) is 13.3. The molecule has 202 valence electrons. The molecular formula is C26H46N2O7. The molecule has 3 atom stereocenters. The van der Waals surface area contributed by atoms with Gasteiger partial charge in [-0.15, -0.1) is 0 Å². The zero-order valence-electron chi connectivity index (χ0n) is 23.2. The smallest absolute Gasteiger partial charge is 0.312 e. The fourth-order valence-corrected chi connectivity index (χ4v) is 3.79. The number of ether oxygens (including phenoxy) is 3. The van der Waals surface area contributed by atoms with Gasteiger partial charge in [-0.05, 0) is 45.4 Å². The Labute approximate surface area is 211 Å². The molecule has 0 aromatic heterocycles. The molecule has 0 aromatic rings. The SMILES string of the molecule is [2H]/N=C\COC(=O)C(C)(CC)CCCC(CCCC(CCC)C(N)=O)C(=O)OCCOC(=O)C(C)C. The van der Waals surface area contributed by atoms with Crippen molar-refractivity contribution in [2.75, 3.05) is 19.8 Å². The third-order valence-corrected chi connectivity index (χ3v) is 6.36. The summed E-state index contributed by atoms with van der Waals surface area (Å²) in [6.45, 7) is 9.11. The Morgan fingerprint density at radius 2 is 1.54 bits per heavy atom. The molecule has 35 heavy (non-hydrogen) atoms. The van der Waals surface area contributed by atoms with Gasteiger partial charge in [0, 0.05) is 12.1 Å². The van der Waals surface area contributed by atoms with Crippen LogP contribution in [0.15, 0.2) is 0 Å². The lowest BCUT2D eigenvalue weighted by Gasteiger charge is -2.26. The maximum atomic E-state index is 12.8. The molecule has 0 spiro atoms. The summed E-state index contributed by atoms with van der Waals surface area (Å²) in [4.78, 5) is 48.6. The normalized spacial score (nSPS) is 15.2. The van der Waals surface area contributed by atoms with Crippen LogP contribution < -0.4 is 5.73 Å². The maximum Gasteiger partial charge on any atom is 0.312 e. The van der Waals surface area contributed by atoms with Crippen molar-refractivity contribution in [3.8, 4) is 0 Å². The number of rotatable bonds is 20. The van der Waals surface area contributed by atoms with E-state index >= 15 is 0 Å². The van der Waals surface area contributed by atoms with Crippen LogP contribution in [0.1, 0.15) is 92.4 Å². The molecular weight excluding hydrogens is 452 g/mol. The minimum Gasteiger partial charge on any atom is -0.462 e. The lowest BCUT2D eigenvalue weighted by molar-refractivity contribution is -0.157. The third-order valence-electron chi connectivity index (χ3n) is 6.36. The molecule has 0 heterocycles. The van der Waals surface area contributed by atoms with Crippen molar-refractivity contribution in [2.24, 2.45) is 28.9 Å². The summed E-state index contributed by atoms with van der Waals surface area (Å²) >= 11 is 0. The molecule has 3 unspecified atom stereocenters. The summed E-state index contributed by atoms with van der Waals surface area (Å²) < 4.78 is 22.4. The Bertz CT molecular complexity index is 714.